The maximum Gasteiger partial charge on any atom is 0.260 e. The van der Waals surface area contributed by atoms with Crippen LogP contribution in [0.5, 0.6) is 5.75 Å². The Kier molecular flexibility index (Phi) is 5.38. The minimum atomic E-state index is -0.154. The molecule has 2 aliphatic rings. The minimum absolute atomic E-state index is 0.0276. The number of rotatable bonds is 4. The SMILES string of the molecule is CC(=O)Nc1ccccc1OCC(=O)N1CCC[C@H]2CCCC[C@@H]21. The molecule has 2 amide bonds. The minimum Gasteiger partial charge on any atom is -0.482 e. The maximum atomic E-state index is 12.7. The number of hydrogen-bond donors (Lipinski definition) is 1. The first-order chi connectivity index (χ1) is 11.6. The van der Waals surface area contributed by atoms with Crippen molar-refractivity contribution in [1.29, 1.82) is 0 Å². The van der Waals surface area contributed by atoms with Crippen molar-refractivity contribution < 1.29 is 14.3 Å². The van der Waals surface area contributed by atoms with E-state index in [9.17, 15) is 9.59 Å². The van der Waals surface area contributed by atoms with Crippen molar-refractivity contribution in [2.45, 2.75) is 51.5 Å². The number of anilines is 1. The van der Waals surface area contributed by atoms with Crippen LogP contribution in [0.4, 0.5) is 5.69 Å². The molecule has 1 aliphatic heterocycles. The van der Waals surface area contributed by atoms with E-state index in [2.05, 4.69) is 5.32 Å². The largest absolute Gasteiger partial charge is 0.482 e. The lowest BCUT2D eigenvalue weighted by Crippen LogP contribution is -2.51. The van der Waals surface area contributed by atoms with Gasteiger partial charge in [0.1, 0.15) is 5.75 Å². The van der Waals surface area contributed by atoms with E-state index >= 15 is 0 Å². The molecule has 5 nitrogen and oxygen atoms in total. The van der Waals surface area contributed by atoms with E-state index in [0.29, 0.717) is 23.4 Å². The number of likely N-dealkylation sites (tertiary alicyclic amines) is 1. The highest BCUT2D eigenvalue weighted by Crippen LogP contribution is 2.35. The molecule has 0 bridgehead atoms. The molecule has 1 aromatic rings. The lowest BCUT2D eigenvalue weighted by atomic mass is 9.78. The number of nitrogens with zero attached hydrogens (tertiary/aromatic N) is 1. The van der Waals surface area contributed by atoms with Gasteiger partial charge in [-0.15, -0.1) is 0 Å². The number of fused-ring (bicyclic) bond motifs is 1. The number of para-hydroxylation sites is 2. The fourth-order valence-electron chi connectivity index (χ4n) is 4.04. The van der Waals surface area contributed by atoms with E-state index in [0.717, 1.165) is 19.4 Å². The Labute approximate surface area is 143 Å². The van der Waals surface area contributed by atoms with Crippen LogP contribution in [0.3, 0.4) is 0 Å². The Morgan fingerprint density at radius 3 is 2.75 bits per heavy atom. The van der Waals surface area contributed by atoms with Gasteiger partial charge in [0, 0.05) is 19.5 Å². The Morgan fingerprint density at radius 2 is 1.92 bits per heavy atom. The molecule has 24 heavy (non-hydrogen) atoms. The standard InChI is InChI=1S/C19H26N2O3/c1-14(22)20-16-9-3-5-11-18(16)24-13-19(23)21-12-6-8-15-7-2-4-10-17(15)21/h3,5,9,11,15,17H,2,4,6-8,10,12-13H2,1H3,(H,20,22)/t15-,17+/m1/s1. The first kappa shape index (κ1) is 16.8. The summed E-state index contributed by atoms with van der Waals surface area (Å²) >= 11 is 0. The number of carbonyl (C=O) groups excluding carboxylic acids is 2. The van der Waals surface area contributed by atoms with Gasteiger partial charge in [0.2, 0.25) is 5.91 Å². The molecule has 130 valence electrons. The lowest BCUT2D eigenvalue weighted by Gasteiger charge is -2.44. The van der Waals surface area contributed by atoms with Crippen molar-refractivity contribution in [1.82, 2.24) is 4.90 Å². The van der Waals surface area contributed by atoms with E-state index in [1.165, 1.54) is 32.6 Å². The van der Waals surface area contributed by atoms with Crippen LogP contribution in [-0.4, -0.2) is 35.9 Å². The zero-order chi connectivity index (χ0) is 16.9. The van der Waals surface area contributed by atoms with Gasteiger partial charge in [-0.3, -0.25) is 9.59 Å². The number of benzene rings is 1. The molecule has 0 aromatic heterocycles. The molecular weight excluding hydrogens is 304 g/mol. The van der Waals surface area contributed by atoms with Crippen molar-refractivity contribution in [2.75, 3.05) is 18.5 Å². The van der Waals surface area contributed by atoms with Gasteiger partial charge in [0.15, 0.2) is 6.61 Å². The smallest absolute Gasteiger partial charge is 0.260 e. The summed E-state index contributed by atoms with van der Waals surface area (Å²) in [6, 6.07) is 7.62. The van der Waals surface area contributed by atoms with E-state index in [1.807, 2.05) is 17.0 Å². The van der Waals surface area contributed by atoms with Gasteiger partial charge in [0.05, 0.1) is 5.69 Å². The molecule has 1 saturated heterocycles. The summed E-state index contributed by atoms with van der Waals surface area (Å²) in [6.07, 6.45) is 7.23. The number of nitrogens with one attached hydrogen (secondary N) is 1. The van der Waals surface area contributed by atoms with Gasteiger partial charge in [-0.1, -0.05) is 25.0 Å². The second-order valence-corrected chi connectivity index (χ2v) is 6.81. The molecule has 1 aliphatic carbocycles. The quantitative estimate of drug-likeness (QED) is 0.922. The van der Waals surface area contributed by atoms with Gasteiger partial charge in [0.25, 0.3) is 5.91 Å². The number of piperidine rings is 1. The van der Waals surface area contributed by atoms with Gasteiger partial charge >= 0.3 is 0 Å². The molecule has 0 unspecified atom stereocenters. The maximum absolute atomic E-state index is 12.7. The van der Waals surface area contributed by atoms with Crippen LogP contribution in [0.1, 0.15) is 45.4 Å². The highest BCUT2D eigenvalue weighted by Gasteiger charge is 2.35. The highest BCUT2D eigenvalue weighted by molar-refractivity contribution is 5.90. The van der Waals surface area contributed by atoms with Gasteiger partial charge < -0.3 is 15.0 Å². The van der Waals surface area contributed by atoms with E-state index in [-0.39, 0.29) is 18.4 Å². The van der Waals surface area contributed by atoms with Crippen molar-refractivity contribution in [2.24, 2.45) is 5.92 Å². The topological polar surface area (TPSA) is 58.6 Å². The van der Waals surface area contributed by atoms with Crippen molar-refractivity contribution in [3.05, 3.63) is 24.3 Å². The van der Waals surface area contributed by atoms with Crippen molar-refractivity contribution in [3.8, 4) is 5.75 Å². The summed E-state index contributed by atoms with van der Waals surface area (Å²) < 4.78 is 5.73. The average molecular weight is 330 g/mol. The summed E-state index contributed by atoms with van der Waals surface area (Å²) in [4.78, 5) is 26.0. The molecular formula is C19H26N2O3. The van der Waals surface area contributed by atoms with E-state index in [4.69, 9.17) is 4.74 Å². The average Bonchev–Trinajstić information content (AvgIpc) is 2.60. The molecule has 2 atom stereocenters. The van der Waals surface area contributed by atoms with Crippen LogP contribution in [0, 0.1) is 5.92 Å². The Morgan fingerprint density at radius 1 is 1.17 bits per heavy atom. The monoisotopic (exact) mass is 330 g/mol. The van der Waals surface area contributed by atoms with Crippen LogP contribution in [0.25, 0.3) is 0 Å². The first-order valence-corrected chi connectivity index (χ1v) is 8.94. The van der Waals surface area contributed by atoms with E-state index < -0.39 is 0 Å². The van der Waals surface area contributed by atoms with Crippen molar-refractivity contribution in [3.63, 3.8) is 0 Å². The van der Waals surface area contributed by atoms with Crippen LogP contribution >= 0.6 is 0 Å². The number of amides is 2. The summed E-state index contributed by atoms with van der Waals surface area (Å²) in [5.74, 6) is 1.11. The van der Waals surface area contributed by atoms with Crippen LogP contribution in [0.15, 0.2) is 24.3 Å². The summed E-state index contributed by atoms with van der Waals surface area (Å²) in [5.41, 5.74) is 0.604. The van der Waals surface area contributed by atoms with Crippen LogP contribution in [-0.2, 0) is 9.59 Å². The molecule has 1 aromatic carbocycles. The molecule has 1 N–H and O–H groups in total. The van der Waals surface area contributed by atoms with Crippen molar-refractivity contribution >= 4 is 17.5 Å². The normalized spacial score (nSPS) is 23.3. The second-order valence-electron chi connectivity index (χ2n) is 6.81. The third-order valence-electron chi connectivity index (χ3n) is 5.11. The van der Waals surface area contributed by atoms with Gasteiger partial charge in [-0.25, -0.2) is 0 Å². The Balaban J connectivity index is 1.62. The second kappa shape index (κ2) is 7.69. The molecule has 5 heteroatoms. The first-order valence-electron chi connectivity index (χ1n) is 8.94. The highest BCUT2D eigenvalue weighted by atomic mass is 16.5. The third-order valence-corrected chi connectivity index (χ3v) is 5.11. The van der Waals surface area contributed by atoms with Crippen LogP contribution < -0.4 is 10.1 Å². The summed E-state index contributed by atoms with van der Waals surface area (Å²) in [6.45, 7) is 2.33. The predicted octanol–water partition coefficient (Wildman–Crippen LogP) is 3.21. The molecule has 3 rings (SSSR count). The fraction of sp³-hybridized carbons (Fsp3) is 0.579. The molecule has 2 fully saturated rings. The zero-order valence-corrected chi connectivity index (χ0v) is 14.3. The lowest BCUT2D eigenvalue weighted by molar-refractivity contribution is -0.139. The third kappa shape index (κ3) is 3.89. The Hall–Kier alpha value is -2.04. The zero-order valence-electron chi connectivity index (χ0n) is 14.3. The number of hydrogen-bond acceptors (Lipinski definition) is 3. The molecule has 0 radical (unpaired) electrons. The molecule has 0 spiro atoms. The summed E-state index contributed by atoms with van der Waals surface area (Å²) in [5, 5.41) is 2.73. The van der Waals surface area contributed by atoms with Crippen LogP contribution in [0.2, 0.25) is 0 Å². The Bertz CT molecular complexity index is 600. The molecule has 1 saturated carbocycles. The molecule has 1 heterocycles. The van der Waals surface area contributed by atoms with E-state index in [1.54, 1.807) is 12.1 Å². The number of carbonyl (C=O) groups is 2. The number of ether oxygens (including phenoxy) is 1. The van der Waals surface area contributed by atoms with Gasteiger partial charge in [-0.05, 0) is 43.7 Å². The fourth-order valence-corrected chi connectivity index (χ4v) is 4.04. The predicted molar refractivity (Wildman–Crippen MR) is 92.9 cm³/mol. The summed E-state index contributed by atoms with van der Waals surface area (Å²) in [7, 11) is 0. The van der Waals surface area contributed by atoms with Gasteiger partial charge in [-0.2, -0.15) is 0 Å².